The van der Waals surface area contributed by atoms with E-state index in [1.807, 2.05) is 0 Å². The van der Waals surface area contributed by atoms with Crippen LogP contribution in [0.5, 0.6) is 11.5 Å². The number of rotatable bonds is 9. The highest BCUT2D eigenvalue weighted by atomic mass is 32.2. The maximum absolute atomic E-state index is 14.3. The van der Waals surface area contributed by atoms with Crippen LogP contribution in [0.4, 0.5) is 10.1 Å². The van der Waals surface area contributed by atoms with Gasteiger partial charge in [-0.3, -0.25) is 13.9 Å². The van der Waals surface area contributed by atoms with Gasteiger partial charge < -0.3 is 19.7 Å². The Balaban J connectivity index is 1.93. The number of benzene rings is 2. The summed E-state index contributed by atoms with van der Waals surface area (Å²) in [7, 11) is -3.90. The molecule has 1 unspecified atom stereocenters. The zero-order chi connectivity index (χ0) is 24.9. The van der Waals surface area contributed by atoms with Crippen molar-refractivity contribution in [2.45, 2.75) is 26.4 Å². The standard InChI is InChI=1S/C23H28FN3O6S/c1-4-25-23(29)16(2)26(14-17-7-5-6-8-19(17)24)22(28)15-27(34(3,30)31)18-9-10-20-21(13-18)33-12-11-32-20/h5-10,13,16H,4,11-12,14-15H2,1-3H3,(H,25,29). The predicted molar refractivity (Wildman–Crippen MR) is 125 cm³/mol. The zero-order valence-corrected chi connectivity index (χ0v) is 20.1. The third-order valence-electron chi connectivity index (χ3n) is 5.31. The summed E-state index contributed by atoms with van der Waals surface area (Å²) in [5.74, 6) is -0.792. The van der Waals surface area contributed by atoms with Gasteiger partial charge in [0.15, 0.2) is 11.5 Å². The minimum Gasteiger partial charge on any atom is -0.486 e. The molecular weight excluding hydrogens is 465 g/mol. The maximum atomic E-state index is 14.3. The molecular formula is C23H28FN3O6S. The van der Waals surface area contributed by atoms with Crippen LogP contribution < -0.4 is 19.1 Å². The van der Waals surface area contributed by atoms with Crippen LogP contribution >= 0.6 is 0 Å². The van der Waals surface area contributed by atoms with Gasteiger partial charge in [0, 0.05) is 24.7 Å². The molecule has 1 N–H and O–H groups in total. The second-order valence-corrected chi connectivity index (χ2v) is 9.69. The fourth-order valence-electron chi connectivity index (χ4n) is 3.52. The number of ether oxygens (including phenoxy) is 2. The number of nitrogens with zero attached hydrogens (tertiary/aromatic N) is 2. The Hall–Kier alpha value is -3.34. The Morgan fingerprint density at radius 2 is 1.79 bits per heavy atom. The van der Waals surface area contributed by atoms with Crippen molar-refractivity contribution in [3.05, 3.63) is 53.8 Å². The lowest BCUT2D eigenvalue weighted by Gasteiger charge is -2.31. The third-order valence-corrected chi connectivity index (χ3v) is 6.45. The van der Waals surface area contributed by atoms with Gasteiger partial charge in [-0.15, -0.1) is 0 Å². The molecule has 0 fully saturated rings. The van der Waals surface area contributed by atoms with Crippen LogP contribution in [0.25, 0.3) is 0 Å². The summed E-state index contributed by atoms with van der Waals surface area (Å²) >= 11 is 0. The summed E-state index contributed by atoms with van der Waals surface area (Å²) in [6.07, 6.45) is 0.978. The number of hydrogen-bond donors (Lipinski definition) is 1. The van der Waals surface area contributed by atoms with Gasteiger partial charge in [-0.05, 0) is 32.0 Å². The SMILES string of the molecule is CCNC(=O)C(C)N(Cc1ccccc1F)C(=O)CN(c1ccc2c(c1)OCCO2)S(C)(=O)=O. The number of carbonyl (C=O) groups is 2. The van der Waals surface area contributed by atoms with Crippen molar-refractivity contribution in [1.29, 1.82) is 0 Å². The number of likely N-dealkylation sites (N-methyl/N-ethyl adjacent to an activating group) is 1. The van der Waals surface area contributed by atoms with Gasteiger partial charge in [0.25, 0.3) is 0 Å². The molecule has 9 nitrogen and oxygen atoms in total. The molecule has 184 valence electrons. The molecule has 3 rings (SSSR count). The van der Waals surface area contributed by atoms with Gasteiger partial charge in [0.2, 0.25) is 21.8 Å². The number of hydrogen-bond acceptors (Lipinski definition) is 6. The molecule has 0 saturated carbocycles. The molecule has 2 aromatic carbocycles. The van der Waals surface area contributed by atoms with Crippen LogP contribution in [0.15, 0.2) is 42.5 Å². The Labute approximate surface area is 198 Å². The molecule has 2 aromatic rings. The Kier molecular flexibility index (Phi) is 7.98. The number of carbonyl (C=O) groups excluding carboxylic acids is 2. The highest BCUT2D eigenvalue weighted by Gasteiger charge is 2.31. The molecule has 34 heavy (non-hydrogen) atoms. The zero-order valence-electron chi connectivity index (χ0n) is 19.3. The molecule has 2 amide bonds. The minimum atomic E-state index is -3.90. The number of anilines is 1. The van der Waals surface area contributed by atoms with Gasteiger partial charge in [0.1, 0.15) is 31.6 Å². The number of nitrogens with one attached hydrogen (secondary N) is 1. The molecule has 0 spiro atoms. The fraction of sp³-hybridized carbons (Fsp3) is 0.391. The minimum absolute atomic E-state index is 0.205. The van der Waals surface area contributed by atoms with Crippen molar-refractivity contribution in [3.8, 4) is 11.5 Å². The molecule has 0 bridgehead atoms. The summed E-state index contributed by atoms with van der Waals surface area (Å²) in [5, 5.41) is 2.64. The molecule has 1 aliphatic rings. The molecule has 0 radical (unpaired) electrons. The van der Waals surface area contributed by atoms with E-state index in [-0.39, 0.29) is 17.8 Å². The van der Waals surface area contributed by atoms with Crippen LogP contribution in [0.2, 0.25) is 0 Å². The van der Waals surface area contributed by atoms with Crippen molar-refractivity contribution in [2.24, 2.45) is 0 Å². The smallest absolute Gasteiger partial charge is 0.244 e. The largest absolute Gasteiger partial charge is 0.486 e. The number of sulfonamides is 1. The van der Waals surface area contributed by atoms with E-state index in [1.165, 1.54) is 42.2 Å². The van der Waals surface area contributed by atoms with Crippen LogP contribution in [0.1, 0.15) is 19.4 Å². The number of halogens is 1. The van der Waals surface area contributed by atoms with E-state index in [9.17, 15) is 22.4 Å². The topological polar surface area (TPSA) is 105 Å². The summed E-state index contributed by atoms with van der Waals surface area (Å²) in [6.45, 7) is 3.49. The summed E-state index contributed by atoms with van der Waals surface area (Å²) in [5.41, 5.74) is 0.411. The van der Waals surface area contributed by atoms with Gasteiger partial charge in [-0.25, -0.2) is 12.8 Å². The maximum Gasteiger partial charge on any atom is 0.244 e. The first-order chi connectivity index (χ1) is 16.1. The molecule has 1 heterocycles. The Morgan fingerprint density at radius 1 is 1.12 bits per heavy atom. The summed E-state index contributed by atoms with van der Waals surface area (Å²) < 4.78 is 51.5. The van der Waals surface area contributed by atoms with Gasteiger partial charge in [-0.2, -0.15) is 0 Å². The lowest BCUT2D eigenvalue weighted by molar-refractivity contribution is -0.139. The molecule has 0 aromatic heterocycles. The third kappa shape index (κ3) is 5.96. The number of fused-ring (bicyclic) bond motifs is 1. The van der Waals surface area contributed by atoms with Gasteiger partial charge in [-0.1, -0.05) is 18.2 Å². The van der Waals surface area contributed by atoms with Crippen molar-refractivity contribution in [1.82, 2.24) is 10.2 Å². The molecule has 11 heteroatoms. The highest BCUT2D eigenvalue weighted by Crippen LogP contribution is 2.34. The van der Waals surface area contributed by atoms with E-state index in [1.54, 1.807) is 19.1 Å². The average Bonchev–Trinajstić information content (AvgIpc) is 2.80. The van der Waals surface area contributed by atoms with E-state index >= 15 is 0 Å². The quantitative estimate of drug-likeness (QED) is 0.572. The Bertz CT molecular complexity index is 1160. The second-order valence-electron chi connectivity index (χ2n) is 7.78. The van der Waals surface area contributed by atoms with E-state index < -0.39 is 40.2 Å². The molecule has 1 atom stereocenters. The number of amides is 2. The predicted octanol–water partition coefficient (Wildman–Crippen LogP) is 1.92. The lowest BCUT2D eigenvalue weighted by atomic mass is 10.1. The average molecular weight is 494 g/mol. The molecule has 0 aliphatic carbocycles. The van der Waals surface area contributed by atoms with E-state index in [4.69, 9.17) is 9.47 Å². The van der Waals surface area contributed by atoms with Gasteiger partial charge in [0.05, 0.1) is 11.9 Å². The van der Waals surface area contributed by atoms with Crippen LogP contribution in [-0.2, 0) is 26.2 Å². The highest BCUT2D eigenvalue weighted by molar-refractivity contribution is 7.92. The van der Waals surface area contributed by atoms with Crippen molar-refractivity contribution in [3.63, 3.8) is 0 Å². The van der Waals surface area contributed by atoms with Crippen LogP contribution in [0, 0.1) is 5.82 Å². The molecule has 1 aliphatic heterocycles. The van der Waals surface area contributed by atoms with Crippen molar-refractivity contribution in [2.75, 3.05) is 36.9 Å². The first-order valence-corrected chi connectivity index (χ1v) is 12.6. The summed E-state index contributed by atoms with van der Waals surface area (Å²) in [4.78, 5) is 27.1. The van der Waals surface area contributed by atoms with Crippen molar-refractivity contribution < 1.29 is 31.9 Å². The first kappa shape index (κ1) is 25.3. The van der Waals surface area contributed by atoms with E-state index in [0.29, 0.717) is 31.3 Å². The van der Waals surface area contributed by atoms with E-state index in [0.717, 1.165) is 10.6 Å². The summed E-state index contributed by atoms with van der Waals surface area (Å²) in [6, 6.07) is 9.51. The Morgan fingerprint density at radius 3 is 2.44 bits per heavy atom. The monoisotopic (exact) mass is 493 g/mol. The molecule has 0 saturated heterocycles. The normalized spacial score (nSPS) is 13.6. The lowest BCUT2D eigenvalue weighted by Crippen LogP contribution is -2.51. The van der Waals surface area contributed by atoms with Crippen LogP contribution in [-0.4, -0.2) is 63.7 Å². The second kappa shape index (κ2) is 10.7. The van der Waals surface area contributed by atoms with Crippen LogP contribution in [0.3, 0.4) is 0 Å². The van der Waals surface area contributed by atoms with Gasteiger partial charge >= 0.3 is 0 Å². The fourth-order valence-corrected chi connectivity index (χ4v) is 4.36. The first-order valence-electron chi connectivity index (χ1n) is 10.8. The van der Waals surface area contributed by atoms with E-state index in [2.05, 4.69) is 5.32 Å². The van der Waals surface area contributed by atoms with Crippen molar-refractivity contribution >= 4 is 27.5 Å².